The summed E-state index contributed by atoms with van der Waals surface area (Å²) >= 11 is 13.3. The Bertz CT molecular complexity index is 1140. The molecule has 2 amide bonds. The zero-order valence-electron chi connectivity index (χ0n) is 17.9. The molecule has 2 aromatic carbocycles. The molecule has 0 aliphatic carbocycles. The van der Waals surface area contributed by atoms with E-state index in [2.05, 4.69) is 27.4 Å². The van der Waals surface area contributed by atoms with E-state index in [9.17, 15) is 9.59 Å². The first kappa shape index (κ1) is 24.8. The minimum Gasteiger partial charge on any atom is -0.351 e. The lowest BCUT2D eigenvalue weighted by Gasteiger charge is -2.16. The Hall–Kier alpha value is -2.81. The van der Waals surface area contributed by atoms with Crippen molar-refractivity contribution in [1.29, 1.82) is 0 Å². The number of amides is 2. The van der Waals surface area contributed by atoms with Gasteiger partial charge < -0.3 is 15.2 Å². The number of carbonyl (C=O) groups is 2. The molecule has 1 atom stereocenters. The van der Waals surface area contributed by atoms with E-state index < -0.39 is 6.04 Å². The molecule has 7 nitrogen and oxygen atoms in total. The maximum Gasteiger partial charge on any atom is 0.253 e. The van der Waals surface area contributed by atoms with Gasteiger partial charge in [-0.1, -0.05) is 71.4 Å². The van der Waals surface area contributed by atoms with Gasteiger partial charge in [0.15, 0.2) is 11.0 Å². The molecule has 0 spiro atoms. The quantitative estimate of drug-likeness (QED) is 0.310. The van der Waals surface area contributed by atoms with E-state index in [1.807, 2.05) is 34.9 Å². The van der Waals surface area contributed by atoms with Crippen LogP contribution in [0.15, 0.2) is 66.3 Å². The molecule has 1 heterocycles. The lowest BCUT2D eigenvalue weighted by atomic mass is 10.2. The summed E-state index contributed by atoms with van der Waals surface area (Å²) in [5.74, 6) is 0.257. The smallest absolute Gasteiger partial charge is 0.253 e. The molecule has 0 fully saturated rings. The number of hydrogen-bond acceptors (Lipinski definition) is 5. The predicted molar refractivity (Wildman–Crippen MR) is 132 cm³/mol. The monoisotopic (exact) mass is 503 g/mol. The number of thioether (sulfide) groups is 1. The number of hydrogen-bond donors (Lipinski definition) is 2. The predicted octanol–water partition coefficient (Wildman–Crippen LogP) is 4.67. The van der Waals surface area contributed by atoms with Crippen molar-refractivity contribution in [3.8, 4) is 0 Å². The summed E-state index contributed by atoms with van der Waals surface area (Å²) < 4.78 is 1.82. The van der Waals surface area contributed by atoms with E-state index in [-0.39, 0.29) is 22.6 Å². The first-order chi connectivity index (χ1) is 15.9. The molecule has 172 valence electrons. The van der Waals surface area contributed by atoms with Gasteiger partial charge in [-0.15, -0.1) is 16.8 Å². The third-order valence-corrected chi connectivity index (χ3v) is 6.15. The van der Waals surface area contributed by atoms with Crippen LogP contribution in [0.3, 0.4) is 0 Å². The highest BCUT2D eigenvalue weighted by molar-refractivity contribution is 7.99. The number of allylic oxidation sites excluding steroid dienone is 1. The van der Waals surface area contributed by atoms with Gasteiger partial charge in [0.2, 0.25) is 5.91 Å². The number of nitrogens with one attached hydrogen (secondary N) is 2. The van der Waals surface area contributed by atoms with Crippen molar-refractivity contribution in [3.63, 3.8) is 0 Å². The summed E-state index contributed by atoms with van der Waals surface area (Å²) in [4.78, 5) is 24.9. The second kappa shape index (κ2) is 11.9. The third-order valence-electron chi connectivity index (χ3n) is 4.63. The fourth-order valence-corrected chi connectivity index (χ4v) is 4.30. The Morgan fingerprint density at radius 1 is 1.18 bits per heavy atom. The molecule has 0 radical (unpaired) electrons. The average molecular weight is 504 g/mol. The first-order valence-electron chi connectivity index (χ1n) is 10.1. The molecule has 2 N–H and O–H groups in total. The van der Waals surface area contributed by atoms with Gasteiger partial charge in [0.05, 0.1) is 22.4 Å². The number of benzene rings is 2. The molecule has 0 aliphatic heterocycles. The van der Waals surface area contributed by atoms with Gasteiger partial charge >= 0.3 is 0 Å². The minimum atomic E-state index is -0.460. The highest BCUT2D eigenvalue weighted by Crippen LogP contribution is 2.23. The number of aromatic nitrogens is 3. The molecule has 1 aromatic heterocycles. The average Bonchev–Trinajstić information content (AvgIpc) is 3.19. The first-order valence-corrected chi connectivity index (χ1v) is 11.9. The van der Waals surface area contributed by atoms with E-state index in [1.165, 1.54) is 17.8 Å². The Morgan fingerprint density at radius 2 is 1.94 bits per heavy atom. The van der Waals surface area contributed by atoms with Gasteiger partial charge in [-0.2, -0.15) is 0 Å². The van der Waals surface area contributed by atoms with Gasteiger partial charge in [0.1, 0.15) is 0 Å². The Kier molecular flexibility index (Phi) is 8.94. The zero-order chi connectivity index (χ0) is 23.8. The van der Waals surface area contributed by atoms with Crippen molar-refractivity contribution in [3.05, 3.63) is 88.2 Å². The molecule has 3 rings (SSSR count). The van der Waals surface area contributed by atoms with Crippen LogP contribution in [-0.2, 0) is 17.9 Å². The van der Waals surface area contributed by atoms with E-state index in [1.54, 1.807) is 25.1 Å². The van der Waals surface area contributed by atoms with Crippen LogP contribution in [0.5, 0.6) is 0 Å². The standard InChI is InChI=1S/C23H23Cl2N5O2S/c1-3-11-30-21(15(2)27-22(32)18-10-9-17(24)12-19(18)25)28-29-23(30)33-14-20(31)26-13-16-7-5-4-6-8-16/h3-10,12,15H,1,11,13-14H2,2H3,(H,26,31)(H,27,32). The van der Waals surface area contributed by atoms with Crippen LogP contribution in [0, 0.1) is 0 Å². The van der Waals surface area contributed by atoms with E-state index >= 15 is 0 Å². The van der Waals surface area contributed by atoms with Crippen molar-refractivity contribution >= 4 is 46.8 Å². The lowest BCUT2D eigenvalue weighted by molar-refractivity contribution is -0.118. The van der Waals surface area contributed by atoms with Crippen LogP contribution >= 0.6 is 35.0 Å². The third kappa shape index (κ3) is 6.83. The molecule has 10 heteroatoms. The summed E-state index contributed by atoms with van der Waals surface area (Å²) in [5.41, 5.74) is 1.34. The van der Waals surface area contributed by atoms with E-state index in [0.29, 0.717) is 34.7 Å². The van der Waals surface area contributed by atoms with Gasteiger partial charge in [-0.05, 0) is 30.7 Å². The molecular formula is C23H23Cl2N5O2S. The van der Waals surface area contributed by atoms with Crippen LogP contribution < -0.4 is 10.6 Å². The maximum absolute atomic E-state index is 12.7. The highest BCUT2D eigenvalue weighted by Gasteiger charge is 2.21. The number of rotatable bonds is 10. The number of halogens is 2. The second-order valence-corrected chi connectivity index (χ2v) is 8.90. The van der Waals surface area contributed by atoms with Crippen molar-refractivity contribution < 1.29 is 9.59 Å². The van der Waals surface area contributed by atoms with Crippen molar-refractivity contribution in [1.82, 2.24) is 25.4 Å². The molecular weight excluding hydrogens is 481 g/mol. The SMILES string of the molecule is C=CCn1c(SCC(=O)NCc2ccccc2)nnc1C(C)NC(=O)c1ccc(Cl)cc1Cl. The van der Waals surface area contributed by atoms with Gasteiger partial charge in [0, 0.05) is 18.1 Å². The number of nitrogens with zero attached hydrogens (tertiary/aromatic N) is 3. The van der Waals surface area contributed by atoms with Crippen molar-refractivity contribution in [2.24, 2.45) is 0 Å². The minimum absolute atomic E-state index is 0.114. The van der Waals surface area contributed by atoms with Crippen LogP contribution in [0.4, 0.5) is 0 Å². The summed E-state index contributed by atoms with van der Waals surface area (Å²) in [5, 5.41) is 15.5. The fourth-order valence-electron chi connectivity index (χ4n) is 3.02. The van der Waals surface area contributed by atoms with Gasteiger partial charge in [0.25, 0.3) is 5.91 Å². The largest absolute Gasteiger partial charge is 0.351 e. The summed E-state index contributed by atoms with van der Waals surface area (Å²) in [6.07, 6.45) is 1.71. The topological polar surface area (TPSA) is 88.9 Å². The van der Waals surface area contributed by atoms with Crippen LogP contribution in [0.1, 0.15) is 34.7 Å². The summed E-state index contributed by atoms with van der Waals surface area (Å²) in [6, 6.07) is 13.9. The normalized spacial score (nSPS) is 11.6. The Morgan fingerprint density at radius 3 is 2.64 bits per heavy atom. The lowest BCUT2D eigenvalue weighted by Crippen LogP contribution is -2.29. The molecule has 0 aliphatic rings. The Labute approximate surface area is 206 Å². The second-order valence-electron chi connectivity index (χ2n) is 7.11. The van der Waals surface area contributed by atoms with Crippen LogP contribution in [0.25, 0.3) is 0 Å². The number of carbonyl (C=O) groups excluding carboxylic acids is 2. The van der Waals surface area contributed by atoms with E-state index in [4.69, 9.17) is 23.2 Å². The molecule has 3 aromatic rings. The molecule has 0 bridgehead atoms. The summed E-state index contributed by atoms with van der Waals surface area (Å²) in [6.45, 7) is 6.47. The van der Waals surface area contributed by atoms with E-state index in [0.717, 1.165) is 5.56 Å². The van der Waals surface area contributed by atoms with Gasteiger partial charge in [-0.25, -0.2) is 0 Å². The van der Waals surface area contributed by atoms with Crippen molar-refractivity contribution in [2.45, 2.75) is 31.2 Å². The summed E-state index contributed by atoms with van der Waals surface area (Å²) in [7, 11) is 0. The Balaban J connectivity index is 1.63. The maximum atomic E-state index is 12.7. The molecule has 0 saturated heterocycles. The molecule has 0 saturated carbocycles. The van der Waals surface area contributed by atoms with Crippen molar-refractivity contribution in [2.75, 3.05) is 5.75 Å². The fraction of sp³-hybridized carbons (Fsp3) is 0.217. The zero-order valence-corrected chi connectivity index (χ0v) is 20.3. The van der Waals surface area contributed by atoms with Gasteiger partial charge in [-0.3, -0.25) is 9.59 Å². The molecule has 1 unspecified atom stereocenters. The van der Waals surface area contributed by atoms with Crippen LogP contribution in [-0.4, -0.2) is 32.3 Å². The highest BCUT2D eigenvalue weighted by atomic mass is 35.5. The van der Waals surface area contributed by atoms with Crippen LogP contribution in [0.2, 0.25) is 10.0 Å². The molecule has 33 heavy (non-hydrogen) atoms.